The first kappa shape index (κ1) is 40.0. The molecular weight excluding hydrogens is 853 g/mol. The van der Waals surface area contributed by atoms with E-state index in [2.05, 4.69) is 230 Å². The van der Waals surface area contributed by atoms with E-state index in [0.29, 0.717) is 0 Å². The van der Waals surface area contributed by atoms with Crippen LogP contribution in [0.4, 0.5) is 22.7 Å². The van der Waals surface area contributed by atoms with Gasteiger partial charge < -0.3 is 19.3 Å². The monoisotopic (exact) mass is 896 g/mol. The summed E-state index contributed by atoms with van der Waals surface area (Å²) in [6.45, 7) is 0. The Hall–Kier alpha value is -9.12. The summed E-state index contributed by atoms with van der Waals surface area (Å²) < 4.78 is 13.0. The molecule has 0 atom stereocenters. The predicted octanol–water partition coefficient (Wildman–Crippen LogP) is 18.4. The highest BCUT2D eigenvalue weighted by Gasteiger charge is 2.28. The van der Waals surface area contributed by atoms with E-state index < -0.39 is 0 Å². The molecule has 0 spiro atoms. The zero-order valence-corrected chi connectivity index (χ0v) is 38.7. The van der Waals surface area contributed by atoms with E-state index in [-0.39, 0.29) is 0 Å². The molecule has 0 fully saturated rings. The van der Waals surface area contributed by atoms with E-state index in [1.54, 1.807) is 0 Å². The van der Waals surface area contributed by atoms with Crippen LogP contribution in [0.2, 0.25) is 0 Å². The van der Waals surface area contributed by atoms with Gasteiger partial charge in [0.05, 0.1) is 22.7 Å². The highest BCUT2D eigenvalue weighted by Crippen LogP contribution is 2.54. The van der Waals surface area contributed by atoms with Gasteiger partial charge in [0, 0.05) is 25.2 Å². The van der Waals surface area contributed by atoms with Crippen LogP contribution in [0.15, 0.2) is 231 Å². The molecule has 2 aliphatic heterocycles. The van der Waals surface area contributed by atoms with Gasteiger partial charge in [-0.15, -0.1) is 0 Å². The normalized spacial score (nSPS) is 12.6. The van der Waals surface area contributed by atoms with Crippen molar-refractivity contribution in [3.05, 3.63) is 231 Å². The van der Waals surface area contributed by atoms with E-state index in [0.717, 1.165) is 56.9 Å². The Bertz CT molecular complexity index is 3880. The fraction of sp³-hybridized carbons (Fsp3) is 0.0303. The van der Waals surface area contributed by atoms with Crippen molar-refractivity contribution in [2.24, 2.45) is 0 Å². The van der Waals surface area contributed by atoms with Gasteiger partial charge >= 0.3 is 0 Å². The van der Waals surface area contributed by atoms with Crippen molar-refractivity contribution in [3.63, 3.8) is 0 Å². The Balaban J connectivity index is 0.976. The number of rotatable bonds is 5. The minimum Gasteiger partial charge on any atom is -0.453 e. The molecule has 0 aromatic heterocycles. The second-order valence-electron chi connectivity index (χ2n) is 18.4. The van der Waals surface area contributed by atoms with Crippen molar-refractivity contribution in [3.8, 4) is 78.6 Å². The van der Waals surface area contributed by atoms with E-state index in [1.165, 1.54) is 87.6 Å². The largest absolute Gasteiger partial charge is 0.453 e. The molecule has 0 saturated heterocycles. The van der Waals surface area contributed by atoms with E-state index >= 15 is 0 Å². The van der Waals surface area contributed by atoms with Gasteiger partial charge in [-0.3, -0.25) is 0 Å². The molecule has 14 rings (SSSR count). The van der Waals surface area contributed by atoms with Gasteiger partial charge in [-0.25, -0.2) is 0 Å². The van der Waals surface area contributed by atoms with Gasteiger partial charge in [0.25, 0.3) is 0 Å². The van der Waals surface area contributed by atoms with Crippen LogP contribution in [0.1, 0.15) is 0 Å². The summed E-state index contributed by atoms with van der Waals surface area (Å²) >= 11 is 0. The fourth-order valence-electron chi connectivity index (χ4n) is 11.5. The van der Waals surface area contributed by atoms with Crippen LogP contribution in [-0.2, 0) is 0 Å². The highest BCUT2D eigenvalue weighted by atomic mass is 16.5. The third kappa shape index (κ3) is 6.03. The Morgan fingerprint density at radius 3 is 1.04 bits per heavy atom. The molecule has 70 heavy (non-hydrogen) atoms. The zero-order chi connectivity index (χ0) is 46.5. The maximum absolute atomic E-state index is 6.52. The maximum Gasteiger partial charge on any atom is 0.151 e. The summed E-state index contributed by atoms with van der Waals surface area (Å²) in [6, 6.07) is 83.4. The Morgan fingerprint density at radius 2 is 0.586 bits per heavy atom. The molecule has 0 amide bonds. The number of para-hydroxylation sites is 6. The fourth-order valence-corrected chi connectivity index (χ4v) is 11.5. The lowest BCUT2D eigenvalue weighted by Crippen LogP contribution is -2.16. The Kier molecular flexibility index (Phi) is 8.99. The summed E-state index contributed by atoms with van der Waals surface area (Å²) in [4.78, 5) is 4.53. The van der Waals surface area contributed by atoms with E-state index in [4.69, 9.17) is 9.47 Å². The van der Waals surface area contributed by atoms with E-state index in [9.17, 15) is 0 Å². The summed E-state index contributed by atoms with van der Waals surface area (Å²) in [6.07, 6.45) is 0. The van der Waals surface area contributed by atoms with Crippen LogP contribution >= 0.6 is 0 Å². The molecular formula is C66H44N2O2. The lowest BCUT2D eigenvalue weighted by molar-refractivity contribution is 0.475. The van der Waals surface area contributed by atoms with Crippen LogP contribution < -0.4 is 19.3 Å². The minimum atomic E-state index is 0.854. The van der Waals surface area contributed by atoms with Crippen molar-refractivity contribution in [2.45, 2.75) is 0 Å². The number of nitrogens with zero attached hydrogens (tertiary/aromatic N) is 2. The van der Waals surface area contributed by atoms with Crippen LogP contribution in [0.25, 0.3) is 98.7 Å². The van der Waals surface area contributed by atoms with Gasteiger partial charge in [0.15, 0.2) is 23.0 Å². The van der Waals surface area contributed by atoms with E-state index in [1.807, 2.05) is 24.3 Å². The first-order chi connectivity index (χ1) is 34.6. The second kappa shape index (κ2) is 15.7. The average Bonchev–Trinajstić information content (AvgIpc) is 3.41. The SMILES string of the molecule is CN1c2ccccc2Oc2cccc(-c3ccc(-c4cccc5c(-c6ccccc6)c6cccc(-c7ccc(-c8cccc9c8N(C)c8ccccc8O9)c8ccccc78)c6cc45)c4ccccc34)c21. The molecule has 4 nitrogen and oxygen atoms in total. The summed E-state index contributed by atoms with van der Waals surface area (Å²) in [5.74, 6) is 3.43. The third-order valence-corrected chi connectivity index (χ3v) is 14.7. The lowest BCUT2D eigenvalue weighted by Gasteiger charge is -2.31. The highest BCUT2D eigenvalue weighted by molar-refractivity contribution is 6.22. The zero-order valence-electron chi connectivity index (χ0n) is 38.7. The topological polar surface area (TPSA) is 24.9 Å². The molecule has 12 aromatic rings. The van der Waals surface area contributed by atoms with Crippen molar-refractivity contribution in [1.82, 2.24) is 0 Å². The third-order valence-electron chi connectivity index (χ3n) is 14.7. The van der Waals surface area contributed by atoms with Gasteiger partial charge in [-0.05, 0) is 130 Å². The predicted molar refractivity (Wildman–Crippen MR) is 293 cm³/mol. The molecule has 0 radical (unpaired) electrons. The number of hydrogen-bond donors (Lipinski definition) is 0. The number of benzene rings is 12. The minimum absolute atomic E-state index is 0.854. The first-order valence-corrected chi connectivity index (χ1v) is 24.0. The molecule has 4 heteroatoms. The molecule has 330 valence electrons. The summed E-state index contributed by atoms with van der Waals surface area (Å²) in [5.41, 5.74) is 16.0. The molecule has 0 aliphatic carbocycles. The van der Waals surface area contributed by atoms with Crippen LogP contribution in [0.5, 0.6) is 23.0 Å². The number of ether oxygens (including phenoxy) is 2. The van der Waals surface area contributed by atoms with Crippen LogP contribution in [-0.4, -0.2) is 14.1 Å². The van der Waals surface area contributed by atoms with Crippen LogP contribution in [0.3, 0.4) is 0 Å². The van der Waals surface area contributed by atoms with Gasteiger partial charge in [0.2, 0.25) is 0 Å². The second-order valence-corrected chi connectivity index (χ2v) is 18.4. The molecule has 2 aliphatic rings. The summed E-state index contributed by atoms with van der Waals surface area (Å²) in [7, 11) is 4.28. The Morgan fingerprint density at radius 1 is 0.257 bits per heavy atom. The quantitative estimate of drug-likeness (QED) is 0.161. The van der Waals surface area contributed by atoms with Crippen molar-refractivity contribution in [2.75, 3.05) is 23.9 Å². The molecule has 0 bridgehead atoms. The standard InChI is InChI=1S/C66H44N2O2/c1-67-58-30-10-12-32-60(58)69-62-34-16-28-54(65(62)67)50-38-36-48(42-20-6-8-22-44(42)50)46-24-14-26-52-56(46)40-57-47(25-15-27-53(57)64(52)41-18-4-3-5-19-41)49-37-39-51(45-23-9-7-21-43(45)49)55-29-17-35-63-66(55)68(2)59-31-11-13-33-61(59)70-63/h3-40H,1-2H3. The Labute approximate surface area is 406 Å². The average molecular weight is 897 g/mol. The molecule has 0 saturated carbocycles. The lowest BCUT2D eigenvalue weighted by atomic mass is 9.84. The molecule has 0 unspecified atom stereocenters. The molecule has 0 N–H and O–H groups in total. The van der Waals surface area contributed by atoms with Crippen LogP contribution in [0, 0.1) is 0 Å². The van der Waals surface area contributed by atoms with Gasteiger partial charge in [-0.1, -0.05) is 188 Å². The van der Waals surface area contributed by atoms with Crippen molar-refractivity contribution < 1.29 is 9.47 Å². The maximum atomic E-state index is 6.52. The first-order valence-electron chi connectivity index (χ1n) is 24.0. The molecule has 2 heterocycles. The summed E-state index contributed by atoms with van der Waals surface area (Å²) in [5, 5.41) is 9.64. The number of fused-ring (bicyclic) bond motifs is 8. The number of hydrogen-bond acceptors (Lipinski definition) is 4. The van der Waals surface area contributed by atoms with Gasteiger partial charge in [0.1, 0.15) is 0 Å². The smallest absolute Gasteiger partial charge is 0.151 e. The molecule has 12 aromatic carbocycles. The van der Waals surface area contributed by atoms with Crippen molar-refractivity contribution in [1.29, 1.82) is 0 Å². The number of anilines is 4. The van der Waals surface area contributed by atoms with Crippen molar-refractivity contribution >= 4 is 65.8 Å². The van der Waals surface area contributed by atoms with Gasteiger partial charge in [-0.2, -0.15) is 0 Å².